The number of carbonyl (C=O) groups excluding carboxylic acids is 2. The molecular weight excluding hydrogens is 390 g/mol. The largest absolute Gasteiger partial charge is 0.493 e. The van der Waals surface area contributed by atoms with Crippen molar-refractivity contribution in [3.05, 3.63) is 59.4 Å². The molecule has 0 atom stereocenters. The maximum absolute atomic E-state index is 12.7. The quantitative estimate of drug-likeness (QED) is 0.600. The lowest BCUT2D eigenvalue weighted by molar-refractivity contribution is 0.0845. The summed E-state index contributed by atoms with van der Waals surface area (Å²) in [6.07, 6.45) is 0. The van der Waals surface area contributed by atoms with Gasteiger partial charge in [-0.25, -0.2) is 0 Å². The number of benzene rings is 2. The lowest BCUT2D eigenvalue weighted by Crippen LogP contribution is -2.41. The minimum Gasteiger partial charge on any atom is -0.493 e. The van der Waals surface area contributed by atoms with Gasteiger partial charge in [0.05, 0.1) is 21.3 Å². The van der Waals surface area contributed by atoms with E-state index in [1.54, 1.807) is 6.92 Å². The van der Waals surface area contributed by atoms with Crippen LogP contribution in [0.5, 0.6) is 17.2 Å². The van der Waals surface area contributed by atoms with Gasteiger partial charge >= 0.3 is 0 Å². The van der Waals surface area contributed by atoms with Crippen molar-refractivity contribution in [3.63, 3.8) is 0 Å². The van der Waals surface area contributed by atoms with E-state index in [-0.39, 0.29) is 11.1 Å². The van der Waals surface area contributed by atoms with Crippen LogP contribution < -0.4 is 25.1 Å². The highest BCUT2D eigenvalue weighted by Crippen LogP contribution is 2.38. The standard InChI is InChI=1S/C21H21N3O6/c1-12-17(18(24-30-12)13-8-6-5-7-9-13)21(26)23-22-20(25)14-10-15(27-2)19(29-4)16(11-14)28-3/h5-11H,1-4H3,(H,22,25)(H,23,26). The number of amides is 2. The van der Waals surface area contributed by atoms with Crippen molar-refractivity contribution >= 4 is 11.8 Å². The van der Waals surface area contributed by atoms with Crippen molar-refractivity contribution in [1.82, 2.24) is 16.0 Å². The average Bonchev–Trinajstić information content (AvgIpc) is 3.18. The predicted octanol–water partition coefficient (Wildman–Crippen LogP) is 2.75. The van der Waals surface area contributed by atoms with Crippen molar-refractivity contribution in [2.24, 2.45) is 0 Å². The molecule has 9 heteroatoms. The van der Waals surface area contributed by atoms with Crippen LogP contribution in [0.2, 0.25) is 0 Å². The van der Waals surface area contributed by atoms with Crippen molar-refractivity contribution in [2.75, 3.05) is 21.3 Å². The van der Waals surface area contributed by atoms with Crippen molar-refractivity contribution in [2.45, 2.75) is 6.92 Å². The predicted molar refractivity (Wildman–Crippen MR) is 108 cm³/mol. The molecule has 2 amide bonds. The van der Waals surface area contributed by atoms with Crippen LogP contribution in [-0.4, -0.2) is 38.3 Å². The summed E-state index contributed by atoms with van der Waals surface area (Å²) in [6, 6.07) is 12.1. The third kappa shape index (κ3) is 4.04. The van der Waals surface area contributed by atoms with E-state index < -0.39 is 11.8 Å². The molecule has 3 rings (SSSR count). The molecule has 0 aliphatic heterocycles. The maximum atomic E-state index is 12.7. The zero-order valence-corrected chi connectivity index (χ0v) is 16.9. The summed E-state index contributed by atoms with van der Waals surface area (Å²) in [5.41, 5.74) is 6.29. The highest BCUT2D eigenvalue weighted by molar-refractivity contribution is 6.03. The molecule has 0 saturated heterocycles. The van der Waals surface area contributed by atoms with Crippen LogP contribution in [0.15, 0.2) is 47.0 Å². The molecule has 9 nitrogen and oxygen atoms in total. The van der Waals surface area contributed by atoms with Gasteiger partial charge in [-0.05, 0) is 19.1 Å². The molecule has 2 aromatic carbocycles. The van der Waals surface area contributed by atoms with E-state index in [0.717, 1.165) is 5.56 Å². The Morgan fingerprint density at radius 1 is 0.900 bits per heavy atom. The van der Waals surface area contributed by atoms with E-state index in [4.69, 9.17) is 18.7 Å². The lowest BCUT2D eigenvalue weighted by Gasteiger charge is -2.14. The molecule has 0 fully saturated rings. The second-order valence-corrected chi connectivity index (χ2v) is 6.15. The van der Waals surface area contributed by atoms with Gasteiger partial charge < -0.3 is 18.7 Å². The minimum atomic E-state index is -0.571. The van der Waals surface area contributed by atoms with Crippen LogP contribution in [0, 0.1) is 6.92 Å². The lowest BCUT2D eigenvalue weighted by atomic mass is 10.1. The SMILES string of the molecule is COc1cc(C(=O)NNC(=O)c2c(-c3ccccc3)noc2C)cc(OC)c1OC. The van der Waals surface area contributed by atoms with Gasteiger partial charge in [-0.1, -0.05) is 35.5 Å². The molecule has 1 aromatic heterocycles. The first-order valence-corrected chi connectivity index (χ1v) is 8.92. The molecule has 156 valence electrons. The summed E-state index contributed by atoms with van der Waals surface area (Å²) < 4.78 is 20.9. The molecule has 0 spiro atoms. The van der Waals surface area contributed by atoms with Crippen molar-refractivity contribution in [3.8, 4) is 28.5 Å². The maximum Gasteiger partial charge on any atom is 0.275 e. The third-order valence-electron chi connectivity index (χ3n) is 4.35. The average molecular weight is 411 g/mol. The topological polar surface area (TPSA) is 112 Å². The first-order valence-electron chi connectivity index (χ1n) is 8.92. The van der Waals surface area contributed by atoms with Crippen molar-refractivity contribution in [1.29, 1.82) is 0 Å². The van der Waals surface area contributed by atoms with E-state index in [9.17, 15) is 9.59 Å². The Balaban J connectivity index is 1.79. The van der Waals surface area contributed by atoms with E-state index in [0.29, 0.717) is 28.7 Å². The Morgan fingerprint density at radius 3 is 2.07 bits per heavy atom. The fraction of sp³-hybridized carbons (Fsp3) is 0.190. The first-order chi connectivity index (χ1) is 14.5. The van der Waals surface area contributed by atoms with Gasteiger partial charge in [0.1, 0.15) is 17.0 Å². The molecule has 0 aliphatic carbocycles. The number of ether oxygens (including phenoxy) is 3. The number of hydrazine groups is 1. The fourth-order valence-electron chi connectivity index (χ4n) is 2.89. The summed E-state index contributed by atoms with van der Waals surface area (Å²) in [7, 11) is 4.35. The molecule has 0 bridgehead atoms. The number of hydrogen-bond acceptors (Lipinski definition) is 7. The summed E-state index contributed by atoms with van der Waals surface area (Å²) in [6.45, 7) is 1.62. The number of hydrogen-bond donors (Lipinski definition) is 2. The Bertz CT molecular complexity index is 1040. The highest BCUT2D eigenvalue weighted by Gasteiger charge is 2.23. The van der Waals surface area contributed by atoms with Gasteiger partial charge in [-0.2, -0.15) is 0 Å². The highest BCUT2D eigenvalue weighted by atomic mass is 16.5. The summed E-state index contributed by atoms with van der Waals surface area (Å²) in [4.78, 5) is 25.3. The van der Waals surface area contributed by atoms with Crippen LogP contribution in [0.25, 0.3) is 11.3 Å². The molecule has 1 heterocycles. The Morgan fingerprint density at radius 2 is 1.50 bits per heavy atom. The molecule has 2 N–H and O–H groups in total. The smallest absolute Gasteiger partial charge is 0.275 e. The molecule has 30 heavy (non-hydrogen) atoms. The summed E-state index contributed by atoms with van der Waals surface area (Å²) in [5, 5.41) is 3.96. The van der Waals surface area contributed by atoms with Gasteiger partial charge in [-0.15, -0.1) is 0 Å². The number of aromatic nitrogens is 1. The van der Waals surface area contributed by atoms with E-state index in [2.05, 4.69) is 16.0 Å². The van der Waals surface area contributed by atoms with Gasteiger partial charge in [-0.3, -0.25) is 20.4 Å². The molecular formula is C21H21N3O6. The van der Waals surface area contributed by atoms with Gasteiger partial charge in [0.2, 0.25) is 5.75 Å². The second kappa shape index (κ2) is 8.99. The van der Waals surface area contributed by atoms with Crippen LogP contribution in [0.3, 0.4) is 0 Å². The van der Waals surface area contributed by atoms with Gasteiger partial charge in [0.15, 0.2) is 11.5 Å². The fourth-order valence-corrected chi connectivity index (χ4v) is 2.89. The number of nitrogens with one attached hydrogen (secondary N) is 2. The molecule has 0 aliphatic rings. The van der Waals surface area contributed by atoms with Gasteiger partial charge in [0, 0.05) is 11.1 Å². The summed E-state index contributed by atoms with van der Waals surface area (Å²) >= 11 is 0. The molecule has 0 unspecified atom stereocenters. The molecule has 3 aromatic rings. The van der Waals surface area contributed by atoms with Crippen LogP contribution in [-0.2, 0) is 0 Å². The van der Waals surface area contributed by atoms with Gasteiger partial charge in [0.25, 0.3) is 11.8 Å². The number of rotatable bonds is 6. The molecule has 0 radical (unpaired) electrons. The Labute approximate surface area is 172 Å². The summed E-state index contributed by atoms with van der Waals surface area (Å²) in [5.74, 6) is 0.178. The number of nitrogens with zero attached hydrogens (tertiary/aromatic N) is 1. The number of carbonyl (C=O) groups is 2. The number of aryl methyl sites for hydroxylation is 1. The van der Waals surface area contributed by atoms with Crippen LogP contribution >= 0.6 is 0 Å². The minimum absolute atomic E-state index is 0.204. The van der Waals surface area contributed by atoms with E-state index >= 15 is 0 Å². The number of methoxy groups -OCH3 is 3. The third-order valence-corrected chi connectivity index (χ3v) is 4.35. The molecule has 0 saturated carbocycles. The van der Waals surface area contributed by atoms with Crippen LogP contribution in [0.1, 0.15) is 26.5 Å². The Kier molecular flexibility index (Phi) is 6.21. The normalized spacial score (nSPS) is 10.3. The van der Waals surface area contributed by atoms with Crippen LogP contribution in [0.4, 0.5) is 0 Å². The van der Waals surface area contributed by atoms with E-state index in [1.807, 2.05) is 30.3 Å². The van der Waals surface area contributed by atoms with Crippen molar-refractivity contribution < 1.29 is 28.3 Å². The first kappa shape index (κ1) is 20.7. The zero-order chi connectivity index (χ0) is 21.7. The second-order valence-electron chi connectivity index (χ2n) is 6.15. The monoisotopic (exact) mass is 411 g/mol. The zero-order valence-electron chi connectivity index (χ0n) is 16.9. The Hall–Kier alpha value is -4.01. The van der Waals surface area contributed by atoms with E-state index in [1.165, 1.54) is 33.5 Å².